The molecule has 21 heavy (non-hydrogen) atoms. The quantitative estimate of drug-likeness (QED) is 0.728. The molecule has 1 aromatic rings. The Kier molecular flexibility index (Phi) is 5.68. The van der Waals surface area contributed by atoms with Crippen LogP contribution in [0.4, 0.5) is 4.39 Å². The molecule has 0 heterocycles. The second-order valence-corrected chi connectivity index (χ2v) is 6.84. The molecule has 1 atom stereocenters. The fourth-order valence-corrected chi connectivity index (χ4v) is 3.35. The number of rotatable bonds is 6. The molecular formula is C12H15ClFNO5S. The smallest absolute Gasteiger partial charge is 0.338 e. The van der Waals surface area contributed by atoms with Gasteiger partial charge in [0, 0.05) is 11.1 Å². The van der Waals surface area contributed by atoms with E-state index in [4.69, 9.17) is 21.8 Å². The van der Waals surface area contributed by atoms with Crippen molar-refractivity contribution in [3.8, 4) is 0 Å². The molecule has 0 bridgehead atoms. The summed E-state index contributed by atoms with van der Waals surface area (Å²) < 4.78 is 40.4. The van der Waals surface area contributed by atoms with Crippen molar-refractivity contribution in [1.82, 2.24) is 4.72 Å². The molecule has 0 fully saturated rings. The number of carboxylic acids is 1. The number of sulfonamides is 1. The summed E-state index contributed by atoms with van der Waals surface area (Å²) in [6.45, 7) is 2.85. The molecule has 0 saturated heterocycles. The number of aliphatic hydroxyl groups is 1. The number of benzene rings is 1. The first-order valence-electron chi connectivity index (χ1n) is 5.95. The lowest BCUT2D eigenvalue weighted by Crippen LogP contribution is -2.41. The average molecular weight is 340 g/mol. The maximum absolute atomic E-state index is 14.0. The van der Waals surface area contributed by atoms with E-state index in [1.807, 2.05) is 0 Å². The number of hydrogen-bond donors (Lipinski definition) is 3. The number of aliphatic hydroxyl groups excluding tert-OH is 1. The second kappa shape index (κ2) is 6.69. The van der Waals surface area contributed by atoms with Crippen molar-refractivity contribution in [2.24, 2.45) is 5.92 Å². The lowest BCUT2D eigenvalue weighted by molar-refractivity contribution is 0.0691. The minimum Gasteiger partial charge on any atom is -0.478 e. The van der Waals surface area contributed by atoms with E-state index in [9.17, 15) is 17.6 Å². The van der Waals surface area contributed by atoms with Gasteiger partial charge in [0.2, 0.25) is 10.0 Å². The summed E-state index contributed by atoms with van der Waals surface area (Å²) in [6.07, 6.45) is 0. The maximum atomic E-state index is 14.0. The molecule has 118 valence electrons. The number of aromatic carboxylic acids is 1. The minimum atomic E-state index is -4.36. The van der Waals surface area contributed by atoms with Crippen LogP contribution < -0.4 is 4.72 Å². The fourth-order valence-electron chi connectivity index (χ4n) is 1.56. The number of carboxylic acid groups (broad SMARTS) is 1. The third kappa shape index (κ3) is 4.13. The van der Waals surface area contributed by atoms with Crippen LogP contribution in [0.1, 0.15) is 24.2 Å². The summed E-state index contributed by atoms with van der Waals surface area (Å²) >= 11 is 5.63. The van der Waals surface area contributed by atoms with Crippen molar-refractivity contribution in [3.63, 3.8) is 0 Å². The highest BCUT2D eigenvalue weighted by Gasteiger charge is 2.28. The maximum Gasteiger partial charge on any atom is 0.338 e. The first-order chi connectivity index (χ1) is 9.60. The van der Waals surface area contributed by atoms with Crippen LogP contribution in [0.3, 0.4) is 0 Å². The van der Waals surface area contributed by atoms with E-state index in [0.29, 0.717) is 0 Å². The van der Waals surface area contributed by atoms with E-state index in [-0.39, 0.29) is 10.9 Å². The summed E-state index contributed by atoms with van der Waals surface area (Å²) in [6, 6.07) is 0.812. The Morgan fingerprint density at radius 1 is 1.43 bits per heavy atom. The van der Waals surface area contributed by atoms with Crippen molar-refractivity contribution in [2.45, 2.75) is 24.8 Å². The SMILES string of the molecule is CC(C)[C@@H](CO)NS(=O)(=O)c1cc(Cl)cc(C(=O)O)c1F. The topological polar surface area (TPSA) is 104 Å². The number of halogens is 2. The van der Waals surface area contributed by atoms with Gasteiger partial charge in [-0.25, -0.2) is 22.3 Å². The van der Waals surface area contributed by atoms with Crippen LogP contribution in [-0.2, 0) is 10.0 Å². The molecule has 0 saturated carbocycles. The fraction of sp³-hybridized carbons (Fsp3) is 0.417. The Bertz CT molecular complexity index is 647. The summed E-state index contributed by atoms with van der Waals surface area (Å²) in [5.41, 5.74) is -0.840. The molecule has 3 N–H and O–H groups in total. The van der Waals surface area contributed by atoms with Crippen LogP contribution in [-0.4, -0.2) is 37.2 Å². The van der Waals surface area contributed by atoms with Gasteiger partial charge in [0.15, 0.2) is 5.82 Å². The average Bonchev–Trinajstić information content (AvgIpc) is 2.37. The Morgan fingerprint density at radius 2 is 2.00 bits per heavy atom. The Morgan fingerprint density at radius 3 is 2.43 bits per heavy atom. The largest absolute Gasteiger partial charge is 0.478 e. The predicted octanol–water partition coefficient (Wildman–Crippen LogP) is 1.47. The summed E-state index contributed by atoms with van der Waals surface area (Å²) in [7, 11) is -4.36. The summed E-state index contributed by atoms with van der Waals surface area (Å²) in [5, 5.41) is 17.8. The van der Waals surface area contributed by atoms with Gasteiger partial charge in [-0.2, -0.15) is 0 Å². The van der Waals surface area contributed by atoms with Gasteiger partial charge in [0.25, 0.3) is 0 Å². The summed E-state index contributed by atoms with van der Waals surface area (Å²) in [4.78, 5) is 10.0. The molecule has 1 rings (SSSR count). The van der Waals surface area contributed by atoms with Gasteiger partial charge in [-0.3, -0.25) is 0 Å². The third-order valence-corrected chi connectivity index (χ3v) is 4.54. The van der Waals surface area contributed by atoms with Crippen LogP contribution in [0, 0.1) is 11.7 Å². The van der Waals surface area contributed by atoms with Crippen molar-refractivity contribution in [2.75, 3.05) is 6.61 Å². The van der Waals surface area contributed by atoms with Crippen molar-refractivity contribution in [1.29, 1.82) is 0 Å². The van der Waals surface area contributed by atoms with E-state index >= 15 is 0 Å². The van der Waals surface area contributed by atoms with Gasteiger partial charge >= 0.3 is 5.97 Å². The highest BCUT2D eigenvalue weighted by Crippen LogP contribution is 2.24. The van der Waals surface area contributed by atoms with Gasteiger partial charge in [0.05, 0.1) is 12.2 Å². The van der Waals surface area contributed by atoms with E-state index in [1.165, 1.54) is 0 Å². The zero-order valence-corrected chi connectivity index (χ0v) is 12.9. The zero-order valence-electron chi connectivity index (χ0n) is 11.3. The first-order valence-corrected chi connectivity index (χ1v) is 7.81. The van der Waals surface area contributed by atoms with Gasteiger partial charge < -0.3 is 10.2 Å². The standard InChI is InChI=1S/C12H15ClFNO5S/c1-6(2)9(5-16)15-21(19,20)10-4-7(13)3-8(11(10)14)12(17)18/h3-4,6,9,15-16H,5H2,1-2H3,(H,17,18)/t9-/m1/s1. The van der Waals surface area contributed by atoms with Crippen LogP contribution in [0.2, 0.25) is 5.02 Å². The predicted molar refractivity (Wildman–Crippen MR) is 74.4 cm³/mol. The van der Waals surface area contributed by atoms with Crippen LogP contribution in [0.15, 0.2) is 17.0 Å². The summed E-state index contributed by atoms with van der Waals surface area (Å²) in [5.74, 6) is -3.28. The molecule has 0 spiro atoms. The van der Waals surface area contributed by atoms with Crippen LogP contribution in [0.25, 0.3) is 0 Å². The van der Waals surface area contributed by atoms with E-state index in [1.54, 1.807) is 13.8 Å². The molecule has 0 amide bonds. The molecule has 0 radical (unpaired) electrons. The Hall–Kier alpha value is -1.22. The van der Waals surface area contributed by atoms with Gasteiger partial charge in [-0.1, -0.05) is 25.4 Å². The Balaban J connectivity index is 3.35. The number of carbonyl (C=O) groups is 1. The van der Waals surface area contributed by atoms with Crippen molar-refractivity contribution < 1.29 is 27.8 Å². The highest BCUT2D eigenvalue weighted by molar-refractivity contribution is 7.89. The molecule has 0 aromatic heterocycles. The van der Waals surface area contributed by atoms with E-state index in [2.05, 4.69) is 4.72 Å². The molecule has 6 nitrogen and oxygen atoms in total. The zero-order chi connectivity index (χ0) is 16.4. The monoisotopic (exact) mass is 339 g/mol. The molecule has 0 aliphatic rings. The van der Waals surface area contributed by atoms with E-state index < -0.39 is 44.9 Å². The lowest BCUT2D eigenvalue weighted by Gasteiger charge is -2.20. The number of nitrogens with one attached hydrogen (secondary N) is 1. The Labute approximate surface area is 126 Å². The van der Waals surface area contributed by atoms with Crippen LogP contribution in [0.5, 0.6) is 0 Å². The minimum absolute atomic E-state index is 0.223. The van der Waals surface area contributed by atoms with Gasteiger partial charge in [-0.15, -0.1) is 0 Å². The van der Waals surface area contributed by atoms with Gasteiger partial charge in [0.1, 0.15) is 4.90 Å². The lowest BCUT2D eigenvalue weighted by atomic mass is 10.1. The normalized spacial score (nSPS) is 13.4. The molecule has 0 unspecified atom stereocenters. The van der Waals surface area contributed by atoms with Crippen molar-refractivity contribution in [3.05, 3.63) is 28.5 Å². The molecule has 9 heteroatoms. The highest BCUT2D eigenvalue weighted by atomic mass is 35.5. The second-order valence-electron chi connectivity index (χ2n) is 4.72. The van der Waals surface area contributed by atoms with Crippen LogP contribution >= 0.6 is 11.6 Å². The van der Waals surface area contributed by atoms with Gasteiger partial charge in [-0.05, 0) is 18.1 Å². The van der Waals surface area contributed by atoms with Crippen molar-refractivity contribution >= 4 is 27.6 Å². The molecule has 0 aliphatic heterocycles. The molecule has 0 aliphatic carbocycles. The van der Waals surface area contributed by atoms with E-state index in [0.717, 1.165) is 12.1 Å². The first kappa shape index (κ1) is 17.8. The molecular weight excluding hydrogens is 325 g/mol. The molecule has 1 aromatic carbocycles. The number of hydrogen-bond acceptors (Lipinski definition) is 4. The third-order valence-electron chi connectivity index (χ3n) is 2.83.